The smallest absolute Gasteiger partial charge is 0.303 e. The van der Waals surface area contributed by atoms with Gasteiger partial charge in [-0.15, -0.1) is 0 Å². The van der Waals surface area contributed by atoms with Crippen molar-refractivity contribution in [1.29, 1.82) is 0 Å². The minimum absolute atomic E-state index is 0.171. The van der Waals surface area contributed by atoms with Crippen LogP contribution in [0.4, 0.5) is 0 Å². The SMILES string of the molecule is CCC(NC)C(C)(C)CC(=O)O. The molecule has 0 rings (SSSR count). The summed E-state index contributed by atoms with van der Waals surface area (Å²) in [4.78, 5) is 10.5. The monoisotopic (exact) mass is 173 g/mol. The molecule has 0 aromatic rings. The van der Waals surface area contributed by atoms with Crippen molar-refractivity contribution >= 4 is 5.97 Å². The lowest BCUT2D eigenvalue weighted by Crippen LogP contribution is -2.40. The van der Waals surface area contributed by atoms with Gasteiger partial charge < -0.3 is 10.4 Å². The largest absolute Gasteiger partial charge is 0.481 e. The molecule has 0 aromatic carbocycles. The molecule has 0 radical (unpaired) electrons. The van der Waals surface area contributed by atoms with E-state index in [0.717, 1.165) is 6.42 Å². The molecule has 0 amide bonds. The van der Waals surface area contributed by atoms with Gasteiger partial charge in [0, 0.05) is 6.04 Å². The van der Waals surface area contributed by atoms with E-state index in [9.17, 15) is 4.79 Å². The number of hydrogen-bond acceptors (Lipinski definition) is 2. The van der Waals surface area contributed by atoms with Crippen LogP contribution in [-0.4, -0.2) is 24.2 Å². The first kappa shape index (κ1) is 11.4. The van der Waals surface area contributed by atoms with Crippen molar-refractivity contribution < 1.29 is 9.90 Å². The molecule has 0 aromatic heterocycles. The molecule has 12 heavy (non-hydrogen) atoms. The Balaban J connectivity index is 4.24. The Morgan fingerprint density at radius 1 is 1.58 bits per heavy atom. The van der Waals surface area contributed by atoms with Crippen LogP contribution in [0.5, 0.6) is 0 Å². The number of carbonyl (C=O) groups is 1. The molecule has 1 unspecified atom stereocenters. The minimum Gasteiger partial charge on any atom is -0.481 e. The van der Waals surface area contributed by atoms with E-state index in [1.165, 1.54) is 0 Å². The quantitative estimate of drug-likeness (QED) is 0.662. The van der Waals surface area contributed by atoms with Crippen molar-refractivity contribution in [2.24, 2.45) is 5.41 Å². The summed E-state index contributed by atoms with van der Waals surface area (Å²) in [5.74, 6) is -0.728. The van der Waals surface area contributed by atoms with Gasteiger partial charge in [0.2, 0.25) is 0 Å². The van der Waals surface area contributed by atoms with Gasteiger partial charge in [-0.2, -0.15) is 0 Å². The summed E-state index contributed by atoms with van der Waals surface area (Å²) >= 11 is 0. The average molecular weight is 173 g/mol. The van der Waals surface area contributed by atoms with E-state index in [-0.39, 0.29) is 17.9 Å². The molecule has 0 bridgehead atoms. The molecule has 3 heteroatoms. The third kappa shape index (κ3) is 3.22. The fourth-order valence-electron chi connectivity index (χ4n) is 1.66. The molecule has 0 spiro atoms. The van der Waals surface area contributed by atoms with Crippen molar-refractivity contribution in [1.82, 2.24) is 5.32 Å². The van der Waals surface area contributed by atoms with Crippen LogP contribution in [0.2, 0.25) is 0 Å². The van der Waals surface area contributed by atoms with Gasteiger partial charge in [0.1, 0.15) is 0 Å². The van der Waals surface area contributed by atoms with Crippen molar-refractivity contribution in [3.8, 4) is 0 Å². The van der Waals surface area contributed by atoms with Gasteiger partial charge in [0.15, 0.2) is 0 Å². The number of carboxylic acids is 1. The van der Waals surface area contributed by atoms with E-state index in [1.54, 1.807) is 0 Å². The fraction of sp³-hybridized carbons (Fsp3) is 0.889. The van der Waals surface area contributed by atoms with E-state index in [1.807, 2.05) is 20.9 Å². The van der Waals surface area contributed by atoms with Gasteiger partial charge in [-0.1, -0.05) is 20.8 Å². The molecule has 72 valence electrons. The average Bonchev–Trinajstić information content (AvgIpc) is 1.85. The Labute approximate surface area is 74.2 Å². The van der Waals surface area contributed by atoms with E-state index in [0.29, 0.717) is 0 Å². The van der Waals surface area contributed by atoms with Crippen LogP contribution in [0.15, 0.2) is 0 Å². The molecule has 2 N–H and O–H groups in total. The second-order valence-corrected chi connectivity index (χ2v) is 3.81. The summed E-state index contributed by atoms with van der Waals surface area (Å²) in [7, 11) is 1.87. The van der Waals surface area contributed by atoms with Crippen LogP contribution in [0.25, 0.3) is 0 Å². The zero-order chi connectivity index (χ0) is 9.78. The zero-order valence-corrected chi connectivity index (χ0v) is 8.35. The van der Waals surface area contributed by atoms with E-state index < -0.39 is 5.97 Å². The standard InChI is InChI=1S/C9H19NO2/c1-5-7(10-4)9(2,3)6-8(11)12/h7,10H,5-6H2,1-4H3,(H,11,12). The Bertz CT molecular complexity index is 151. The lowest BCUT2D eigenvalue weighted by Gasteiger charge is -2.32. The zero-order valence-electron chi connectivity index (χ0n) is 8.35. The molecule has 0 fully saturated rings. The Morgan fingerprint density at radius 2 is 2.08 bits per heavy atom. The highest BCUT2D eigenvalue weighted by molar-refractivity contribution is 5.67. The maximum absolute atomic E-state index is 10.5. The molecule has 0 aliphatic carbocycles. The van der Waals surface area contributed by atoms with Crippen LogP contribution in [0.1, 0.15) is 33.6 Å². The first-order chi connectivity index (χ1) is 5.44. The second kappa shape index (κ2) is 4.45. The Kier molecular flexibility index (Phi) is 4.24. The maximum Gasteiger partial charge on any atom is 0.303 e. The van der Waals surface area contributed by atoms with Crippen LogP contribution < -0.4 is 5.32 Å². The van der Waals surface area contributed by atoms with E-state index >= 15 is 0 Å². The predicted molar refractivity (Wildman–Crippen MR) is 49.2 cm³/mol. The van der Waals surface area contributed by atoms with Crippen LogP contribution in [-0.2, 0) is 4.79 Å². The molecule has 3 nitrogen and oxygen atoms in total. The lowest BCUT2D eigenvalue weighted by molar-refractivity contribution is -0.139. The second-order valence-electron chi connectivity index (χ2n) is 3.81. The third-order valence-corrected chi connectivity index (χ3v) is 2.31. The lowest BCUT2D eigenvalue weighted by atomic mass is 9.80. The van der Waals surface area contributed by atoms with E-state index in [2.05, 4.69) is 12.2 Å². The van der Waals surface area contributed by atoms with Crippen molar-refractivity contribution in [3.63, 3.8) is 0 Å². The molecule has 0 aliphatic heterocycles. The first-order valence-corrected chi connectivity index (χ1v) is 4.33. The summed E-state index contributed by atoms with van der Waals surface area (Å²) in [6, 6.07) is 0.272. The molecule has 0 aliphatic rings. The van der Waals surface area contributed by atoms with Crippen molar-refractivity contribution in [3.05, 3.63) is 0 Å². The molecular formula is C9H19NO2. The number of carboxylic acid groups (broad SMARTS) is 1. The highest BCUT2D eigenvalue weighted by Gasteiger charge is 2.29. The molecule has 0 saturated heterocycles. The minimum atomic E-state index is -0.728. The van der Waals surface area contributed by atoms with Gasteiger partial charge in [0.05, 0.1) is 6.42 Å². The highest BCUT2D eigenvalue weighted by Crippen LogP contribution is 2.26. The van der Waals surface area contributed by atoms with Gasteiger partial charge in [0.25, 0.3) is 0 Å². The normalized spacial score (nSPS) is 14.3. The number of hydrogen-bond donors (Lipinski definition) is 2. The van der Waals surface area contributed by atoms with Crippen molar-refractivity contribution in [2.75, 3.05) is 7.05 Å². The summed E-state index contributed by atoms with van der Waals surface area (Å²) in [5.41, 5.74) is -0.171. The Hall–Kier alpha value is -0.570. The highest BCUT2D eigenvalue weighted by atomic mass is 16.4. The van der Waals surface area contributed by atoms with Gasteiger partial charge in [-0.3, -0.25) is 4.79 Å². The number of rotatable bonds is 5. The third-order valence-electron chi connectivity index (χ3n) is 2.31. The molecule has 0 saturated carbocycles. The topological polar surface area (TPSA) is 49.3 Å². The van der Waals surface area contributed by atoms with Crippen LogP contribution in [0.3, 0.4) is 0 Å². The van der Waals surface area contributed by atoms with Gasteiger partial charge >= 0.3 is 5.97 Å². The van der Waals surface area contributed by atoms with Crippen molar-refractivity contribution in [2.45, 2.75) is 39.7 Å². The number of aliphatic carboxylic acids is 1. The summed E-state index contributed by atoms with van der Waals surface area (Å²) in [5, 5.41) is 11.8. The van der Waals surface area contributed by atoms with Crippen LogP contribution >= 0.6 is 0 Å². The predicted octanol–water partition coefficient (Wildman–Crippen LogP) is 1.49. The molecule has 0 heterocycles. The maximum atomic E-state index is 10.5. The first-order valence-electron chi connectivity index (χ1n) is 4.33. The van der Waals surface area contributed by atoms with Gasteiger partial charge in [-0.25, -0.2) is 0 Å². The summed E-state index contributed by atoms with van der Waals surface area (Å²) < 4.78 is 0. The van der Waals surface area contributed by atoms with E-state index in [4.69, 9.17) is 5.11 Å². The van der Waals surface area contributed by atoms with Crippen LogP contribution in [0, 0.1) is 5.41 Å². The van der Waals surface area contributed by atoms with Gasteiger partial charge in [-0.05, 0) is 18.9 Å². The Morgan fingerprint density at radius 3 is 2.33 bits per heavy atom. The molecule has 1 atom stereocenters. The summed E-state index contributed by atoms with van der Waals surface area (Å²) in [6.07, 6.45) is 1.17. The summed E-state index contributed by atoms with van der Waals surface area (Å²) in [6.45, 7) is 6.02. The fourth-order valence-corrected chi connectivity index (χ4v) is 1.66. The molecular weight excluding hydrogens is 154 g/mol. The number of nitrogens with one attached hydrogen (secondary N) is 1.